The van der Waals surface area contributed by atoms with E-state index >= 15 is 0 Å². The Labute approximate surface area is 388 Å². The quantitative estimate of drug-likeness (QED) is 0.0904. The van der Waals surface area contributed by atoms with Crippen molar-refractivity contribution in [3.63, 3.8) is 0 Å². The van der Waals surface area contributed by atoms with E-state index in [2.05, 4.69) is 26.8 Å². The summed E-state index contributed by atoms with van der Waals surface area (Å²) >= 11 is 0. The summed E-state index contributed by atoms with van der Waals surface area (Å²) < 4.78 is 38.3. The third-order valence-electron chi connectivity index (χ3n) is 18.7. The Bertz CT molecular complexity index is 1690. The van der Waals surface area contributed by atoms with Crippen molar-refractivity contribution in [2.45, 2.75) is 230 Å². The zero-order chi connectivity index (χ0) is 48.8. The molecule has 382 valence electrons. The largest absolute Gasteiger partial charge is 0.394 e. The Morgan fingerprint density at radius 3 is 1.85 bits per heavy atom. The first kappa shape index (κ1) is 52.8. The van der Waals surface area contributed by atoms with Crippen molar-refractivity contribution in [1.82, 2.24) is 0 Å². The van der Waals surface area contributed by atoms with Crippen LogP contribution in [0.2, 0.25) is 0 Å². The van der Waals surface area contributed by atoms with Crippen LogP contribution in [0.5, 0.6) is 0 Å². The molecule has 0 radical (unpaired) electrons. The molecule has 0 aromatic carbocycles. The van der Waals surface area contributed by atoms with E-state index in [1.54, 1.807) is 0 Å². The molecule has 0 aromatic heterocycles. The Balaban J connectivity index is 1.31. The summed E-state index contributed by atoms with van der Waals surface area (Å²) in [5.74, 6) is -1.00. The predicted molar refractivity (Wildman–Crippen MR) is 234 cm³/mol. The topological polar surface area (TPSA) is 298 Å². The monoisotopic (exact) mass is 947 g/mol. The molecule has 4 aliphatic carbocycles. The van der Waals surface area contributed by atoms with E-state index in [0.29, 0.717) is 51.4 Å². The van der Waals surface area contributed by atoms with Gasteiger partial charge in [-0.2, -0.15) is 0 Å². The van der Waals surface area contributed by atoms with E-state index in [9.17, 15) is 61.3 Å². The van der Waals surface area contributed by atoms with Gasteiger partial charge in [-0.05, 0) is 119 Å². The second kappa shape index (κ2) is 19.2. The molecule has 7 aliphatic rings. The van der Waals surface area contributed by atoms with E-state index in [1.165, 1.54) is 6.92 Å². The van der Waals surface area contributed by atoms with Crippen LogP contribution < -0.4 is 0 Å². The molecule has 0 bridgehead atoms. The molecule has 18 nitrogen and oxygen atoms in total. The van der Waals surface area contributed by atoms with Gasteiger partial charge >= 0.3 is 0 Å². The van der Waals surface area contributed by atoms with Crippen LogP contribution in [0.25, 0.3) is 0 Å². The van der Waals surface area contributed by atoms with Crippen LogP contribution >= 0.6 is 0 Å². The lowest BCUT2D eigenvalue weighted by molar-refractivity contribution is -0.381. The van der Waals surface area contributed by atoms with E-state index in [4.69, 9.17) is 28.4 Å². The molecule has 0 unspecified atom stereocenters. The summed E-state index contributed by atoms with van der Waals surface area (Å²) in [6.45, 7) is 16.6. The first-order chi connectivity index (χ1) is 30.7. The van der Waals surface area contributed by atoms with Gasteiger partial charge in [0.2, 0.25) is 0 Å². The standard InChI is InChI=1S/C48H82O18/c1-21(2)11-10-14-47(8,60)28-12-16-46(7)24-17-25(62-43-39(36(57)33(54)27(20-50)64-43)66-41-37(58)34(55)31(52)22(3)61-41)40-44(4,5)29(51)13-15-45(40,6)23(24)18-30(48(28,46)9)65-42-38(59)35(56)32(53)26(19-49)63-42/h11,22-43,49-60H,10,12-20H2,1-9H3/t22-,23-,24+,25-,26+,27+,28+,29-,30+,31-,32+,33+,34+,35-,36-,37+,38+,39+,40-,41-,42-,43+,45+,46-,47-,48-/m0/s1. The van der Waals surface area contributed by atoms with Gasteiger partial charge in [-0.3, -0.25) is 0 Å². The summed E-state index contributed by atoms with van der Waals surface area (Å²) in [5.41, 5.74) is -2.90. The average molecular weight is 947 g/mol. The van der Waals surface area contributed by atoms with Crippen LogP contribution in [0.4, 0.5) is 0 Å². The van der Waals surface area contributed by atoms with Gasteiger partial charge in [-0.1, -0.05) is 46.3 Å². The van der Waals surface area contributed by atoms with Gasteiger partial charge in [0.05, 0.1) is 43.2 Å². The SMILES string of the molecule is CC(C)=CCC[C@](C)(O)[C@H]1CC[C@@]2(C)[C@@H]3C[C@H](O[C@@H]4O[C@H](CO)[C@@H](O)[C@H](O)[C@H]4O[C@@H]4O[C@@H](C)[C@H](O)[C@@H](O)[C@H]4O)[C@H]4C(C)(C)[C@@H](O)CC[C@]4(C)[C@H]3C[C@@H](O[C@@H]3O[C@H](CO)[C@@H](O)[C@H](O)[C@H]3O)[C@]12C. The highest BCUT2D eigenvalue weighted by molar-refractivity contribution is 5.22. The lowest BCUT2D eigenvalue weighted by Gasteiger charge is -2.70. The van der Waals surface area contributed by atoms with Crippen LogP contribution in [0.15, 0.2) is 11.6 Å². The van der Waals surface area contributed by atoms with Gasteiger partial charge in [0.25, 0.3) is 0 Å². The van der Waals surface area contributed by atoms with Gasteiger partial charge in [0.15, 0.2) is 18.9 Å². The molecule has 0 spiro atoms. The first-order valence-corrected chi connectivity index (χ1v) is 24.3. The molecule has 66 heavy (non-hydrogen) atoms. The molecule has 0 amide bonds. The summed E-state index contributed by atoms with van der Waals surface area (Å²) in [7, 11) is 0. The van der Waals surface area contributed by atoms with E-state index in [-0.39, 0.29) is 17.8 Å². The first-order valence-electron chi connectivity index (χ1n) is 24.3. The zero-order valence-corrected chi connectivity index (χ0v) is 40.2. The Morgan fingerprint density at radius 2 is 1.24 bits per heavy atom. The van der Waals surface area contributed by atoms with Crippen molar-refractivity contribution in [3.8, 4) is 0 Å². The van der Waals surface area contributed by atoms with Crippen molar-refractivity contribution in [3.05, 3.63) is 11.6 Å². The Hall–Kier alpha value is -0.980. The van der Waals surface area contributed by atoms with E-state index in [0.717, 1.165) is 5.57 Å². The number of rotatable bonds is 12. The van der Waals surface area contributed by atoms with Gasteiger partial charge in [0.1, 0.15) is 67.1 Å². The lowest BCUT2D eigenvalue weighted by atomic mass is 9.36. The molecular weight excluding hydrogens is 865 g/mol. The van der Waals surface area contributed by atoms with Gasteiger partial charge in [0, 0.05) is 5.41 Å². The number of allylic oxidation sites excluding steroid dienone is 2. The second-order valence-electron chi connectivity index (χ2n) is 23.0. The number of fused-ring (bicyclic) bond motifs is 5. The van der Waals surface area contributed by atoms with Crippen molar-refractivity contribution in [1.29, 1.82) is 0 Å². The fourth-order valence-corrected chi connectivity index (χ4v) is 14.8. The molecule has 4 saturated carbocycles. The zero-order valence-electron chi connectivity index (χ0n) is 40.2. The van der Waals surface area contributed by atoms with Crippen molar-refractivity contribution in [2.24, 2.45) is 45.3 Å². The number of hydrogen-bond acceptors (Lipinski definition) is 18. The molecule has 7 fully saturated rings. The van der Waals surface area contributed by atoms with Crippen molar-refractivity contribution >= 4 is 0 Å². The molecule has 0 aromatic rings. The molecule has 3 saturated heterocycles. The summed E-state index contributed by atoms with van der Waals surface area (Å²) in [6, 6.07) is 0. The third-order valence-corrected chi connectivity index (χ3v) is 18.7. The smallest absolute Gasteiger partial charge is 0.187 e. The van der Waals surface area contributed by atoms with Crippen LogP contribution in [0, 0.1) is 45.3 Å². The third kappa shape index (κ3) is 8.69. The minimum atomic E-state index is -1.75. The van der Waals surface area contributed by atoms with Crippen molar-refractivity contribution < 1.29 is 89.7 Å². The minimum Gasteiger partial charge on any atom is -0.394 e. The minimum absolute atomic E-state index is 0.117. The number of ether oxygens (including phenoxy) is 6. The highest BCUT2D eigenvalue weighted by Crippen LogP contribution is 2.76. The van der Waals surface area contributed by atoms with Gasteiger partial charge in [-0.25, -0.2) is 0 Å². The molecule has 3 aliphatic heterocycles. The molecule has 7 rings (SSSR count). The second-order valence-corrected chi connectivity index (χ2v) is 23.0. The fourth-order valence-electron chi connectivity index (χ4n) is 14.8. The van der Waals surface area contributed by atoms with Crippen LogP contribution in [0.1, 0.15) is 114 Å². The predicted octanol–water partition coefficient (Wildman–Crippen LogP) is -0.0284. The molecule has 26 atom stereocenters. The summed E-state index contributed by atoms with van der Waals surface area (Å²) in [5, 5.41) is 133. The summed E-state index contributed by atoms with van der Waals surface area (Å²) in [4.78, 5) is 0. The number of aliphatic hydroxyl groups excluding tert-OH is 11. The average Bonchev–Trinajstić information content (AvgIpc) is 3.55. The highest BCUT2D eigenvalue weighted by Gasteiger charge is 2.74. The maximum absolute atomic E-state index is 12.6. The normalized spacial score (nSPS) is 53.5. The van der Waals surface area contributed by atoms with Crippen LogP contribution in [0.3, 0.4) is 0 Å². The molecule has 18 heteroatoms. The maximum Gasteiger partial charge on any atom is 0.187 e. The highest BCUT2D eigenvalue weighted by atomic mass is 16.8. The molecule has 3 heterocycles. The molecule has 12 N–H and O–H groups in total. The van der Waals surface area contributed by atoms with Crippen LogP contribution in [-0.4, -0.2) is 191 Å². The van der Waals surface area contributed by atoms with E-state index in [1.807, 2.05) is 34.6 Å². The number of hydrogen-bond donors (Lipinski definition) is 12. The van der Waals surface area contributed by atoms with Crippen molar-refractivity contribution in [2.75, 3.05) is 13.2 Å². The van der Waals surface area contributed by atoms with Gasteiger partial charge in [-0.15, -0.1) is 0 Å². The van der Waals surface area contributed by atoms with E-state index < -0.39 is 157 Å². The van der Waals surface area contributed by atoms with Gasteiger partial charge < -0.3 is 89.7 Å². The maximum atomic E-state index is 12.6. The summed E-state index contributed by atoms with van der Waals surface area (Å²) in [6.07, 6.45) is -18.5. The Kier molecular flexibility index (Phi) is 15.4. The lowest BCUT2D eigenvalue weighted by Crippen LogP contribution is -2.70. The van der Waals surface area contributed by atoms with Crippen LogP contribution in [-0.2, 0) is 28.4 Å². The Morgan fingerprint density at radius 1 is 0.667 bits per heavy atom. The number of aliphatic hydroxyl groups is 12. The molecular formula is C48H82O18. The fraction of sp³-hybridized carbons (Fsp3) is 0.958.